The van der Waals surface area contributed by atoms with E-state index < -0.39 is 0 Å². The quantitative estimate of drug-likeness (QED) is 0.390. The zero-order valence-electron chi connectivity index (χ0n) is 15.2. The van der Waals surface area contributed by atoms with Crippen molar-refractivity contribution in [2.75, 3.05) is 14.1 Å². The predicted molar refractivity (Wildman–Crippen MR) is 116 cm³/mol. The van der Waals surface area contributed by atoms with Crippen molar-refractivity contribution >= 4 is 41.5 Å². The number of aliphatic imine (C=N–C) groups is 1. The monoisotopic (exact) mass is 475 g/mol. The van der Waals surface area contributed by atoms with Gasteiger partial charge in [-0.05, 0) is 23.6 Å². The Morgan fingerprint density at radius 1 is 1.40 bits per heavy atom. The van der Waals surface area contributed by atoms with Gasteiger partial charge in [-0.3, -0.25) is 4.99 Å². The summed E-state index contributed by atoms with van der Waals surface area (Å²) in [5.74, 6) is 2.43. The van der Waals surface area contributed by atoms with Crippen LogP contribution in [-0.2, 0) is 19.6 Å². The fourth-order valence-corrected chi connectivity index (χ4v) is 2.81. The summed E-state index contributed by atoms with van der Waals surface area (Å²) >= 11 is 6.05. The number of hydrogen-bond donors (Lipinski definition) is 1. The maximum absolute atomic E-state index is 6.05. The Kier molecular flexibility index (Phi) is 9.27. The van der Waals surface area contributed by atoms with E-state index in [2.05, 4.69) is 44.7 Å². The average Bonchev–Trinajstić information content (AvgIpc) is 2.94. The molecule has 2 aromatic rings. The molecule has 1 heterocycles. The first kappa shape index (κ1) is 21.8. The number of nitrogens with zero attached hydrogens (tertiary/aromatic N) is 4. The van der Waals surface area contributed by atoms with Crippen LogP contribution in [0.5, 0.6) is 0 Å². The van der Waals surface area contributed by atoms with Crippen molar-refractivity contribution in [3.8, 4) is 0 Å². The molecule has 0 atom stereocenters. The number of halogens is 2. The molecule has 0 amide bonds. The van der Waals surface area contributed by atoms with Crippen LogP contribution in [-0.4, -0.2) is 34.5 Å². The minimum atomic E-state index is 0. The van der Waals surface area contributed by atoms with Gasteiger partial charge in [0.2, 0.25) is 0 Å². The topological polar surface area (TPSA) is 45.5 Å². The van der Waals surface area contributed by atoms with Gasteiger partial charge in [0.05, 0.1) is 6.54 Å². The SMILES string of the molecule is CN=C(NCc1nccn1CC(C)C)N(C)Cc1cccc(Cl)c1.I. The predicted octanol–water partition coefficient (Wildman–Crippen LogP) is 4.02. The second-order valence-corrected chi connectivity index (χ2v) is 6.71. The Balaban J connectivity index is 0.00000312. The summed E-state index contributed by atoms with van der Waals surface area (Å²) in [6, 6.07) is 7.88. The van der Waals surface area contributed by atoms with Gasteiger partial charge in [-0.15, -0.1) is 24.0 Å². The molecule has 0 aliphatic heterocycles. The van der Waals surface area contributed by atoms with E-state index in [4.69, 9.17) is 11.6 Å². The lowest BCUT2D eigenvalue weighted by atomic mass is 10.2. The summed E-state index contributed by atoms with van der Waals surface area (Å²) in [5, 5.41) is 4.13. The zero-order chi connectivity index (χ0) is 17.5. The maximum Gasteiger partial charge on any atom is 0.194 e. The summed E-state index contributed by atoms with van der Waals surface area (Å²) < 4.78 is 2.18. The third kappa shape index (κ3) is 6.86. The van der Waals surface area contributed by atoms with Crippen LogP contribution in [0.3, 0.4) is 0 Å². The van der Waals surface area contributed by atoms with Crippen LogP contribution in [0.15, 0.2) is 41.7 Å². The van der Waals surface area contributed by atoms with E-state index in [0.717, 1.165) is 35.5 Å². The molecule has 0 saturated heterocycles. The van der Waals surface area contributed by atoms with Gasteiger partial charge in [0.25, 0.3) is 0 Å². The largest absolute Gasteiger partial charge is 0.349 e. The van der Waals surface area contributed by atoms with E-state index in [1.165, 1.54) is 0 Å². The summed E-state index contributed by atoms with van der Waals surface area (Å²) in [5.41, 5.74) is 1.15. The highest BCUT2D eigenvalue weighted by Gasteiger charge is 2.09. The molecule has 1 N–H and O–H groups in total. The lowest BCUT2D eigenvalue weighted by Crippen LogP contribution is -2.38. The van der Waals surface area contributed by atoms with Gasteiger partial charge < -0.3 is 14.8 Å². The Morgan fingerprint density at radius 3 is 2.80 bits per heavy atom. The molecule has 0 radical (unpaired) electrons. The molecule has 138 valence electrons. The van der Waals surface area contributed by atoms with Crippen molar-refractivity contribution in [2.24, 2.45) is 10.9 Å². The molecule has 0 unspecified atom stereocenters. The first-order chi connectivity index (χ1) is 11.5. The fraction of sp³-hybridized carbons (Fsp3) is 0.444. The Morgan fingerprint density at radius 2 is 2.16 bits per heavy atom. The summed E-state index contributed by atoms with van der Waals surface area (Å²) in [6.07, 6.45) is 3.87. The molecule has 7 heteroatoms. The van der Waals surface area contributed by atoms with Crippen molar-refractivity contribution in [1.82, 2.24) is 19.8 Å². The van der Waals surface area contributed by atoms with Crippen LogP contribution in [0.25, 0.3) is 0 Å². The van der Waals surface area contributed by atoms with Crippen LogP contribution in [0.4, 0.5) is 0 Å². The lowest BCUT2D eigenvalue weighted by Gasteiger charge is -2.22. The molecule has 1 aromatic heterocycles. The van der Waals surface area contributed by atoms with Crippen LogP contribution in [0, 0.1) is 5.92 Å². The second-order valence-electron chi connectivity index (χ2n) is 6.28. The van der Waals surface area contributed by atoms with Gasteiger partial charge in [0.15, 0.2) is 5.96 Å². The van der Waals surface area contributed by atoms with Crippen LogP contribution >= 0.6 is 35.6 Å². The molecular formula is C18H27ClIN5. The zero-order valence-corrected chi connectivity index (χ0v) is 18.3. The fourth-order valence-electron chi connectivity index (χ4n) is 2.59. The molecule has 0 fully saturated rings. The summed E-state index contributed by atoms with van der Waals surface area (Å²) in [4.78, 5) is 10.9. The first-order valence-corrected chi connectivity index (χ1v) is 8.53. The molecule has 0 saturated carbocycles. The van der Waals surface area contributed by atoms with E-state index in [1.807, 2.05) is 37.6 Å². The molecule has 5 nitrogen and oxygen atoms in total. The Labute approximate surface area is 172 Å². The number of hydrogen-bond acceptors (Lipinski definition) is 2. The van der Waals surface area contributed by atoms with Gasteiger partial charge in [-0.2, -0.15) is 0 Å². The van der Waals surface area contributed by atoms with Crippen molar-refractivity contribution < 1.29 is 0 Å². The molecule has 0 bridgehead atoms. The molecular weight excluding hydrogens is 449 g/mol. The molecule has 25 heavy (non-hydrogen) atoms. The number of aromatic nitrogens is 2. The standard InChI is InChI=1S/C18H26ClN5.HI/c1-14(2)12-24-9-8-21-17(24)11-22-18(20-3)23(4)13-15-6-5-7-16(19)10-15;/h5-10,14H,11-13H2,1-4H3,(H,20,22);1H. The van der Waals surface area contributed by atoms with E-state index in [1.54, 1.807) is 7.05 Å². The molecule has 2 rings (SSSR count). The highest BCUT2D eigenvalue weighted by Crippen LogP contribution is 2.12. The minimum Gasteiger partial charge on any atom is -0.349 e. The number of rotatable bonds is 6. The van der Waals surface area contributed by atoms with Gasteiger partial charge >= 0.3 is 0 Å². The van der Waals surface area contributed by atoms with E-state index in [0.29, 0.717) is 12.5 Å². The number of guanidine groups is 1. The highest BCUT2D eigenvalue weighted by molar-refractivity contribution is 14.0. The molecule has 1 aromatic carbocycles. The highest BCUT2D eigenvalue weighted by atomic mass is 127. The number of benzene rings is 1. The lowest BCUT2D eigenvalue weighted by molar-refractivity contribution is 0.468. The van der Waals surface area contributed by atoms with Gasteiger partial charge in [-0.25, -0.2) is 4.98 Å². The third-order valence-corrected chi connectivity index (χ3v) is 3.89. The second kappa shape index (κ2) is 10.7. The maximum atomic E-state index is 6.05. The summed E-state index contributed by atoms with van der Waals surface area (Å²) in [7, 11) is 3.80. The molecule has 0 aliphatic carbocycles. The summed E-state index contributed by atoms with van der Waals surface area (Å²) in [6.45, 7) is 6.75. The van der Waals surface area contributed by atoms with E-state index >= 15 is 0 Å². The number of imidazole rings is 1. The van der Waals surface area contributed by atoms with Crippen LogP contribution in [0.1, 0.15) is 25.2 Å². The molecule has 0 aliphatic rings. The van der Waals surface area contributed by atoms with Crippen LogP contribution < -0.4 is 5.32 Å². The van der Waals surface area contributed by atoms with E-state index in [-0.39, 0.29) is 24.0 Å². The van der Waals surface area contributed by atoms with E-state index in [9.17, 15) is 0 Å². The molecule has 0 spiro atoms. The van der Waals surface area contributed by atoms with Crippen molar-refractivity contribution in [2.45, 2.75) is 33.5 Å². The smallest absolute Gasteiger partial charge is 0.194 e. The third-order valence-electron chi connectivity index (χ3n) is 3.65. The van der Waals surface area contributed by atoms with Gasteiger partial charge in [-0.1, -0.05) is 37.6 Å². The number of nitrogens with one attached hydrogen (secondary N) is 1. The van der Waals surface area contributed by atoms with Crippen molar-refractivity contribution in [1.29, 1.82) is 0 Å². The van der Waals surface area contributed by atoms with Gasteiger partial charge in [0, 0.05) is 44.6 Å². The first-order valence-electron chi connectivity index (χ1n) is 8.15. The Bertz CT molecular complexity index is 684. The van der Waals surface area contributed by atoms with Gasteiger partial charge in [0.1, 0.15) is 5.82 Å². The normalized spacial score (nSPS) is 11.4. The van der Waals surface area contributed by atoms with Crippen molar-refractivity contribution in [3.05, 3.63) is 53.1 Å². The minimum absolute atomic E-state index is 0. The van der Waals surface area contributed by atoms with Crippen LogP contribution in [0.2, 0.25) is 5.02 Å². The van der Waals surface area contributed by atoms with Crippen molar-refractivity contribution in [3.63, 3.8) is 0 Å². The Hall–Kier alpha value is -1.28. The average molecular weight is 476 g/mol.